The highest BCUT2D eigenvalue weighted by molar-refractivity contribution is 7.17. The van der Waals surface area contributed by atoms with E-state index >= 15 is 0 Å². The molecule has 0 saturated carbocycles. The number of benzene rings is 1. The number of anilines is 3. The van der Waals surface area contributed by atoms with Gasteiger partial charge in [-0.15, -0.1) is 11.3 Å². The van der Waals surface area contributed by atoms with Crippen LogP contribution < -0.4 is 15.4 Å². The van der Waals surface area contributed by atoms with E-state index in [2.05, 4.69) is 25.7 Å². The van der Waals surface area contributed by atoms with E-state index in [9.17, 15) is 4.79 Å². The summed E-state index contributed by atoms with van der Waals surface area (Å²) < 4.78 is 8.59. The SMILES string of the molecule is CC(C)=CC(=O)Nc1cccc(Oc2nc(Nc3ccn(C)n3)nc3ccsc23)c1. The van der Waals surface area contributed by atoms with Gasteiger partial charge < -0.3 is 15.4 Å². The van der Waals surface area contributed by atoms with Gasteiger partial charge in [0.05, 0.1) is 5.52 Å². The van der Waals surface area contributed by atoms with E-state index in [0.717, 1.165) is 15.8 Å². The summed E-state index contributed by atoms with van der Waals surface area (Å²) in [5.41, 5.74) is 2.34. The maximum absolute atomic E-state index is 12.0. The third kappa shape index (κ3) is 4.64. The molecule has 9 heteroatoms. The zero-order chi connectivity index (χ0) is 21.1. The van der Waals surface area contributed by atoms with Crippen molar-refractivity contribution in [3.05, 3.63) is 59.6 Å². The van der Waals surface area contributed by atoms with Gasteiger partial charge in [-0.05, 0) is 37.4 Å². The maximum Gasteiger partial charge on any atom is 0.248 e. The summed E-state index contributed by atoms with van der Waals surface area (Å²) >= 11 is 1.50. The van der Waals surface area contributed by atoms with Crippen LogP contribution in [0.1, 0.15) is 13.8 Å². The Bertz CT molecular complexity index is 1240. The number of rotatable bonds is 6. The van der Waals surface area contributed by atoms with E-state index in [4.69, 9.17) is 4.74 Å². The van der Waals surface area contributed by atoms with Crippen molar-refractivity contribution in [2.24, 2.45) is 7.05 Å². The van der Waals surface area contributed by atoms with Gasteiger partial charge in [0.15, 0.2) is 5.82 Å². The Balaban J connectivity index is 1.60. The predicted octanol–water partition coefficient (Wildman–Crippen LogP) is 4.87. The van der Waals surface area contributed by atoms with Crippen LogP contribution in [0.4, 0.5) is 17.5 Å². The van der Waals surface area contributed by atoms with Gasteiger partial charge in [-0.1, -0.05) is 11.6 Å². The number of thiophene rings is 1. The smallest absolute Gasteiger partial charge is 0.248 e. The second-order valence-corrected chi connectivity index (χ2v) is 7.74. The lowest BCUT2D eigenvalue weighted by atomic mass is 10.2. The fourth-order valence-electron chi connectivity index (χ4n) is 2.75. The summed E-state index contributed by atoms with van der Waals surface area (Å²) in [6.45, 7) is 3.74. The number of hydrogen-bond acceptors (Lipinski definition) is 7. The fourth-order valence-corrected chi connectivity index (χ4v) is 3.50. The van der Waals surface area contributed by atoms with Crippen LogP contribution in [0.25, 0.3) is 10.2 Å². The Morgan fingerprint density at radius 3 is 2.83 bits per heavy atom. The molecule has 3 aromatic heterocycles. The Hall–Kier alpha value is -3.72. The molecule has 3 heterocycles. The molecule has 0 radical (unpaired) electrons. The number of aryl methyl sites for hydroxylation is 1. The zero-order valence-corrected chi connectivity index (χ0v) is 17.5. The highest BCUT2D eigenvalue weighted by Gasteiger charge is 2.13. The fraction of sp³-hybridized carbons (Fsp3) is 0.143. The van der Waals surface area contributed by atoms with Crippen LogP contribution >= 0.6 is 11.3 Å². The number of fused-ring (bicyclic) bond motifs is 1. The molecule has 0 bridgehead atoms. The number of carbonyl (C=O) groups excluding carboxylic acids is 1. The van der Waals surface area contributed by atoms with Gasteiger partial charge in [0.25, 0.3) is 0 Å². The van der Waals surface area contributed by atoms with Gasteiger partial charge in [0.1, 0.15) is 10.4 Å². The highest BCUT2D eigenvalue weighted by atomic mass is 32.1. The largest absolute Gasteiger partial charge is 0.437 e. The minimum Gasteiger partial charge on any atom is -0.437 e. The highest BCUT2D eigenvalue weighted by Crippen LogP contribution is 2.33. The first-order chi connectivity index (χ1) is 14.5. The standard InChI is InChI=1S/C21H20N6O2S/c1-13(2)11-18(28)22-14-5-4-6-15(12-14)29-20-19-16(8-10-30-19)23-21(25-20)24-17-7-9-27(3)26-17/h4-12H,1-3H3,(H,22,28)(H,23,24,25,26). The van der Waals surface area contributed by atoms with Crippen LogP contribution in [0.15, 0.2) is 59.6 Å². The molecule has 0 aliphatic heterocycles. The summed E-state index contributed by atoms with van der Waals surface area (Å²) in [5, 5.41) is 12.2. The van der Waals surface area contributed by atoms with Crippen molar-refractivity contribution < 1.29 is 9.53 Å². The Morgan fingerprint density at radius 2 is 2.07 bits per heavy atom. The molecule has 0 saturated heterocycles. The molecule has 0 unspecified atom stereocenters. The van der Waals surface area contributed by atoms with Crippen molar-refractivity contribution in [3.8, 4) is 11.6 Å². The van der Waals surface area contributed by atoms with E-state index < -0.39 is 0 Å². The lowest BCUT2D eigenvalue weighted by Crippen LogP contribution is -2.08. The van der Waals surface area contributed by atoms with Crippen LogP contribution in [-0.4, -0.2) is 25.7 Å². The minimum atomic E-state index is -0.184. The molecule has 1 aromatic carbocycles. The van der Waals surface area contributed by atoms with Crippen molar-refractivity contribution in [1.29, 1.82) is 0 Å². The summed E-state index contributed by atoms with van der Waals surface area (Å²) in [6, 6.07) is 10.9. The van der Waals surface area contributed by atoms with Crippen LogP contribution in [0.2, 0.25) is 0 Å². The lowest BCUT2D eigenvalue weighted by molar-refractivity contribution is -0.111. The van der Waals surface area contributed by atoms with Crippen LogP contribution in [0.5, 0.6) is 11.6 Å². The maximum atomic E-state index is 12.0. The van der Waals surface area contributed by atoms with Crippen molar-refractivity contribution >= 4 is 44.9 Å². The van der Waals surface area contributed by atoms with Crippen molar-refractivity contribution in [2.45, 2.75) is 13.8 Å². The Labute approximate surface area is 177 Å². The summed E-state index contributed by atoms with van der Waals surface area (Å²) in [4.78, 5) is 21.0. The number of ether oxygens (including phenoxy) is 1. The van der Waals surface area contributed by atoms with E-state index in [0.29, 0.717) is 29.1 Å². The van der Waals surface area contributed by atoms with E-state index in [1.807, 2.05) is 56.7 Å². The molecule has 0 fully saturated rings. The number of nitrogens with one attached hydrogen (secondary N) is 2. The third-order valence-corrected chi connectivity index (χ3v) is 4.85. The lowest BCUT2D eigenvalue weighted by Gasteiger charge is -2.10. The summed E-state index contributed by atoms with van der Waals surface area (Å²) in [7, 11) is 1.84. The van der Waals surface area contributed by atoms with Crippen molar-refractivity contribution in [3.63, 3.8) is 0 Å². The molecule has 8 nitrogen and oxygen atoms in total. The zero-order valence-electron chi connectivity index (χ0n) is 16.7. The number of hydrogen-bond donors (Lipinski definition) is 2. The van der Waals surface area contributed by atoms with E-state index in [-0.39, 0.29) is 5.91 Å². The Kier molecular flexibility index (Phi) is 5.44. The molecule has 1 amide bonds. The quantitative estimate of drug-likeness (QED) is 0.433. The molecule has 152 valence electrons. The predicted molar refractivity (Wildman–Crippen MR) is 118 cm³/mol. The normalized spacial score (nSPS) is 10.6. The molecule has 0 aliphatic rings. The minimum absolute atomic E-state index is 0.184. The molecule has 0 atom stereocenters. The van der Waals surface area contributed by atoms with Gasteiger partial charge in [-0.2, -0.15) is 10.1 Å². The average Bonchev–Trinajstić information content (AvgIpc) is 3.30. The van der Waals surface area contributed by atoms with Gasteiger partial charge in [0, 0.05) is 37.1 Å². The number of nitrogens with zero attached hydrogens (tertiary/aromatic N) is 4. The third-order valence-electron chi connectivity index (χ3n) is 3.96. The van der Waals surface area contributed by atoms with E-state index in [1.54, 1.807) is 22.9 Å². The molecule has 30 heavy (non-hydrogen) atoms. The van der Waals surface area contributed by atoms with Crippen LogP contribution in [0.3, 0.4) is 0 Å². The first-order valence-corrected chi connectivity index (χ1v) is 10.1. The van der Waals surface area contributed by atoms with Crippen LogP contribution in [-0.2, 0) is 11.8 Å². The number of carbonyl (C=O) groups is 1. The summed E-state index contributed by atoms with van der Waals surface area (Å²) in [5.74, 6) is 1.84. The van der Waals surface area contributed by atoms with Crippen molar-refractivity contribution in [1.82, 2.24) is 19.7 Å². The van der Waals surface area contributed by atoms with Crippen LogP contribution in [0, 0.1) is 0 Å². The van der Waals surface area contributed by atoms with Gasteiger partial charge >= 0.3 is 0 Å². The molecule has 2 N–H and O–H groups in total. The monoisotopic (exact) mass is 420 g/mol. The Morgan fingerprint density at radius 1 is 1.20 bits per heavy atom. The number of allylic oxidation sites excluding steroid dienone is 1. The first-order valence-electron chi connectivity index (χ1n) is 9.22. The van der Waals surface area contributed by atoms with Crippen molar-refractivity contribution in [2.75, 3.05) is 10.6 Å². The van der Waals surface area contributed by atoms with Gasteiger partial charge in [-0.3, -0.25) is 9.48 Å². The molecular formula is C21H20N6O2S. The molecule has 0 aliphatic carbocycles. The second kappa shape index (κ2) is 8.34. The van der Waals surface area contributed by atoms with Gasteiger partial charge in [0.2, 0.25) is 17.7 Å². The molecule has 0 spiro atoms. The first kappa shape index (κ1) is 19.6. The average molecular weight is 420 g/mol. The molecule has 4 rings (SSSR count). The van der Waals surface area contributed by atoms with Gasteiger partial charge in [-0.25, -0.2) is 4.98 Å². The number of aromatic nitrogens is 4. The number of amides is 1. The molecular weight excluding hydrogens is 400 g/mol. The summed E-state index contributed by atoms with van der Waals surface area (Å²) in [6.07, 6.45) is 3.38. The molecule has 4 aromatic rings. The topological polar surface area (TPSA) is 94.0 Å². The second-order valence-electron chi connectivity index (χ2n) is 6.83. The van der Waals surface area contributed by atoms with E-state index in [1.165, 1.54) is 11.3 Å².